The van der Waals surface area contributed by atoms with E-state index in [0.717, 1.165) is 15.9 Å². The minimum atomic E-state index is -0.870. The Hall–Kier alpha value is -0.980. The number of halogens is 2. The van der Waals surface area contributed by atoms with Gasteiger partial charge in [-0.2, -0.15) is 0 Å². The molecule has 4 nitrogen and oxygen atoms in total. The van der Waals surface area contributed by atoms with Gasteiger partial charge in [0.2, 0.25) is 0 Å². The maximum atomic E-state index is 10.8. The first-order valence-corrected chi connectivity index (χ1v) is 8.44. The number of rotatable bonds is 5. The van der Waals surface area contributed by atoms with E-state index in [2.05, 4.69) is 34.8 Å². The van der Waals surface area contributed by atoms with Crippen LogP contribution in [-0.2, 0) is 4.79 Å². The fraction of sp³-hybridized carbons (Fsp3) is 0.286. The molecular formula is C14H14BrClN2O2S. The predicted molar refractivity (Wildman–Crippen MR) is 88.7 cm³/mol. The molecule has 7 heteroatoms. The standard InChI is InChI=1S/C14H14BrClN2O2S/c1-8(2)11-6-17-14(21-7-12(19)20)18(11)10-5-3-4-9(16)13(10)15/h3-6,8H,7H2,1-2H3,(H,19,20). The van der Waals surface area contributed by atoms with Crippen LogP contribution >= 0.6 is 39.3 Å². The van der Waals surface area contributed by atoms with Gasteiger partial charge >= 0.3 is 5.97 Å². The predicted octanol–water partition coefficient (Wildman–Crippen LogP) is 4.59. The highest BCUT2D eigenvalue weighted by Crippen LogP contribution is 2.34. The fourth-order valence-corrected chi connectivity index (χ4v) is 3.21. The number of carboxylic acids is 1. The first kappa shape index (κ1) is 16.4. The lowest BCUT2D eigenvalue weighted by atomic mass is 10.1. The number of aromatic nitrogens is 2. The summed E-state index contributed by atoms with van der Waals surface area (Å²) in [6, 6.07) is 5.58. The molecule has 0 saturated carbocycles. The molecule has 0 amide bonds. The molecule has 0 fully saturated rings. The molecular weight excluding hydrogens is 376 g/mol. The number of nitrogens with zero attached hydrogens (tertiary/aromatic N) is 2. The van der Waals surface area contributed by atoms with E-state index in [9.17, 15) is 4.79 Å². The Morgan fingerprint density at radius 2 is 2.24 bits per heavy atom. The Kier molecular flexibility index (Phi) is 5.35. The van der Waals surface area contributed by atoms with Crippen LogP contribution in [0.2, 0.25) is 5.02 Å². The third-order valence-corrected chi connectivity index (χ3v) is 5.16. The zero-order valence-electron chi connectivity index (χ0n) is 11.5. The molecule has 1 aromatic heterocycles. The van der Waals surface area contributed by atoms with Crippen LogP contribution in [0.1, 0.15) is 25.5 Å². The molecule has 0 spiro atoms. The molecule has 0 aliphatic carbocycles. The molecule has 1 N–H and O–H groups in total. The van der Waals surface area contributed by atoms with Gasteiger partial charge in [0.25, 0.3) is 0 Å². The van der Waals surface area contributed by atoms with Gasteiger partial charge in [0.15, 0.2) is 5.16 Å². The average Bonchev–Trinajstić information content (AvgIpc) is 2.83. The van der Waals surface area contributed by atoms with Crippen LogP contribution in [0.4, 0.5) is 0 Å². The minimum Gasteiger partial charge on any atom is -0.481 e. The number of hydrogen-bond acceptors (Lipinski definition) is 3. The van der Waals surface area contributed by atoms with Gasteiger partial charge in [-0.15, -0.1) is 0 Å². The summed E-state index contributed by atoms with van der Waals surface area (Å²) in [7, 11) is 0. The van der Waals surface area contributed by atoms with Crippen molar-refractivity contribution in [1.29, 1.82) is 0 Å². The topological polar surface area (TPSA) is 55.1 Å². The van der Waals surface area contributed by atoms with Gasteiger partial charge in [0.05, 0.1) is 27.1 Å². The Bertz CT molecular complexity index is 673. The maximum absolute atomic E-state index is 10.8. The van der Waals surface area contributed by atoms with Crippen molar-refractivity contribution < 1.29 is 9.90 Å². The average molecular weight is 390 g/mol. The molecule has 1 heterocycles. The van der Waals surface area contributed by atoms with Crippen LogP contribution in [0.15, 0.2) is 34.0 Å². The van der Waals surface area contributed by atoms with Gasteiger partial charge in [-0.25, -0.2) is 4.98 Å². The van der Waals surface area contributed by atoms with E-state index < -0.39 is 5.97 Å². The Labute approximate surface area is 140 Å². The molecule has 0 aliphatic rings. The van der Waals surface area contributed by atoms with Crippen molar-refractivity contribution >= 4 is 45.3 Å². The van der Waals surface area contributed by atoms with Crippen LogP contribution in [0.3, 0.4) is 0 Å². The number of imidazole rings is 1. The highest BCUT2D eigenvalue weighted by atomic mass is 79.9. The second-order valence-electron chi connectivity index (χ2n) is 4.71. The molecule has 1 aromatic carbocycles. The smallest absolute Gasteiger partial charge is 0.313 e. The van der Waals surface area contributed by atoms with Gasteiger partial charge in [0.1, 0.15) is 0 Å². The molecule has 0 bridgehead atoms. The number of carboxylic acid groups (broad SMARTS) is 1. The van der Waals surface area contributed by atoms with Crippen LogP contribution in [0.5, 0.6) is 0 Å². The monoisotopic (exact) mass is 388 g/mol. The molecule has 0 atom stereocenters. The highest BCUT2D eigenvalue weighted by molar-refractivity contribution is 9.10. The SMILES string of the molecule is CC(C)c1cnc(SCC(=O)O)n1-c1cccc(Cl)c1Br. The summed E-state index contributed by atoms with van der Waals surface area (Å²) in [5.74, 6) is -0.652. The third-order valence-electron chi connectivity index (χ3n) is 2.85. The van der Waals surface area contributed by atoms with Crippen molar-refractivity contribution in [3.8, 4) is 5.69 Å². The zero-order valence-corrected chi connectivity index (χ0v) is 14.7. The normalized spacial score (nSPS) is 11.1. The number of hydrogen-bond donors (Lipinski definition) is 1. The van der Waals surface area contributed by atoms with Crippen LogP contribution < -0.4 is 0 Å². The quantitative estimate of drug-likeness (QED) is 0.760. The lowest BCUT2D eigenvalue weighted by Crippen LogP contribution is -2.06. The van der Waals surface area contributed by atoms with Crippen LogP contribution in [0, 0.1) is 0 Å². The van der Waals surface area contributed by atoms with E-state index >= 15 is 0 Å². The number of carbonyl (C=O) groups is 1. The van der Waals surface area contributed by atoms with Crippen molar-refractivity contribution in [2.24, 2.45) is 0 Å². The van der Waals surface area contributed by atoms with E-state index in [-0.39, 0.29) is 11.7 Å². The summed E-state index contributed by atoms with van der Waals surface area (Å²) >= 11 is 10.8. The van der Waals surface area contributed by atoms with Gasteiger partial charge in [0, 0.05) is 5.69 Å². The van der Waals surface area contributed by atoms with Crippen molar-refractivity contribution in [1.82, 2.24) is 9.55 Å². The van der Waals surface area contributed by atoms with Gasteiger partial charge in [-0.05, 0) is 34.0 Å². The first-order chi connectivity index (χ1) is 9.91. The highest BCUT2D eigenvalue weighted by Gasteiger charge is 2.18. The summed E-state index contributed by atoms with van der Waals surface area (Å²) in [4.78, 5) is 15.1. The summed E-state index contributed by atoms with van der Waals surface area (Å²) in [6.45, 7) is 4.13. The molecule has 112 valence electrons. The fourth-order valence-electron chi connectivity index (χ4n) is 1.89. The minimum absolute atomic E-state index is 0.0350. The molecule has 0 saturated heterocycles. The molecule has 21 heavy (non-hydrogen) atoms. The Morgan fingerprint density at radius 3 is 2.86 bits per heavy atom. The summed E-state index contributed by atoms with van der Waals surface area (Å²) in [6.07, 6.45) is 1.78. The second kappa shape index (κ2) is 6.85. The summed E-state index contributed by atoms with van der Waals surface area (Å²) in [5.41, 5.74) is 1.86. The van der Waals surface area contributed by atoms with Crippen molar-refractivity contribution in [3.63, 3.8) is 0 Å². The largest absolute Gasteiger partial charge is 0.481 e. The van der Waals surface area contributed by atoms with Crippen LogP contribution in [0.25, 0.3) is 5.69 Å². The van der Waals surface area contributed by atoms with E-state index in [0.29, 0.717) is 10.2 Å². The van der Waals surface area contributed by atoms with Crippen LogP contribution in [-0.4, -0.2) is 26.4 Å². The molecule has 0 unspecified atom stereocenters. The maximum Gasteiger partial charge on any atom is 0.313 e. The molecule has 2 rings (SSSR count). The molecule has 2 aromatic rings. The lowest BCUT2D eigenvalue weighted by molar-refractivity contribution is -0.133. The Balaban J connectivity index is 2.55. The second-order valence-corrected chi connectivity index (χ2v) is 6.85. The molecule has 0 aliphatic heterocycles. The van der Waals surface area contributed by atoms with Gasteiger partial charge in [-0.3, -0.25) is 9.36 Å². The lowest BCUT2D eigenvalue weighted by Gasteiger charge is -2.15. The summed E-state index contributed by atoms with van der Waals surface area (Å²) < 4.78 is 2.72. The Morgan fingerprint density at radius 1 is 1.52 bits per heavy atom. The van der Waals surface area contributed by atoms with E-state index in [4.69, 9.17) is 16.7 Å². The van der Waals surface area contributed by atoms with E-state index in [1.807, 2.05) is 16.7 Å². The van der Waals surface area contributed by atoms with Gasteiger partial charge < -0.3 is 5.11 Å². The number of thioether (sulfide) groups is 1. The van der Waals surface area contributed by atoms with E-state index in [1.54, 1.807) is 12.3 Å². The van der Waals surface area contributed by atoms with Gasteiger partial charge in [-0.1, -0.05) is 43.3 Å². The van der Waals surface area contributed by atoms with Crippen molar-refractivity contribution in [2.45, 2.75) is 24.9 Å². The van der Waals surface area contributed by atoms with Crippen molar-refractivity contribution in [3.05, 3.63) is 39.6 Å². The third kappa shape index (κ3) is 3.62. The first-order valence-electron chi connectivity index (χ1n) is 6.28. The van der Waals surface area contributed by atoms with Crippen molar-refractivity contribution in [2.75, 3.05) is 5.75 Å². The summed E-state index contributed by atoms with van der Waals surface area (Å²) in [5, 5.41) is 10.1. The zero-order chi connectivity index (χ0) is 15.6. The van der Waals surface area contributed by atoms with E-state index in [1.165, 1.54) is 11.8 Å². The molecule has 0 radical (unpaired) electrons. The number of benzene rings is 1. The number of aliphatic carboxylic acids is 1.